The summed E-state index contributed by atoms with van der Waals surface area (Å²) in [4.78, 5) is 16.2. The highest BCUT2D eigenvalue weighted by Gasteiger charge is 2.11. The zero-order chi connectivity index (χ0) is 23.3. The Bertz CT molecular complexity index is 896. The number of aliphatic imine (C=N–C) groups is 1. The van der Waals surface area contributed by atoms with Gasteiger partial charge in [-0.1, -0.05) is 19.1 Å². The summed E-state index contributed by atoms with van der Waals surface area (Å²) in [6, 6.07) is 12.1. The molecule has 0 radical (unpaired) electrons. The normalized spacial score (nSPS) is 10.9. The van der Waals surface area contributed by atoms with Gasteiger partial charge < -0.3 is 25.4 Å². The lowest BCUT2D eigenvalue weighted by Gasteiger charge is -2.15. The van der Waals surface area contributed by atoms with Crippen LogP contribution in [-0.4, -0.2) is 32.1 Å². The van der Waals surface area contributed by atoms with Gasteiger partial charge >= 0.3 is 6.61 Å². The Hall–Kier alpha value is -2.63. The fourth-order valence-corrected chi connectivity index (χ4v) is 2.87. The smallest absolute Gasteiger partial charge is 0.387 e. The molecule has 182 valence electrons. The number of methoxy groups -OCH3 is 1. The molecule has 1 amide bonds. The average Bonchev–Trinajstić information content (AvgIpc) is 2.77. The number of benzene rings is 2. The molecule has 0 saturated heterocycles. The summed E-state index contributed by atoms with van der Waals surface area (Å²) in [7, 11) is 1.51. The molecule has 0 aliphatic carbocycles. The van der Waals surface area contributed by atoms with Crippen molar-refractivity contribution in [3.05, 3.63) is 53.6 Å². The number of nitrogens with one attached hydrogen (secondary N) is 3. The van der Waals surface area contributed by atoms with Crippen LogP contribution in [0.4, 0.5) is 14.5 Å². The van der Waals surface area contributed by atoms with Gasteiger partial charge in [0, 0.05) is 30.8 Å². The van der Waals surface area contributed by atoms with Crippen molar-refractivity contribution in [3.63, 3.8) is 0 Å². The molecular formula is C23H31F2IN4O3. The van der Waals surface area contributed by atoms with Crippen LogP contribution in [0, 0.1) is 0 Å². The second-order valence-corrected chi connectivity index (χ2v) is 6.90. The lowest BCUT2D eigenvalue weighted by atomic mass is 10.2. The molecule has 10 heteroatoms. The van der Waals surface area contributed by atoms with Gasteiger partial charge in [-0.2, -0.15) is 8.78 Å². The minimum absolute atomic E-state index is 0. The zero-order valence-corrected chi connectivity index (χ0v) is 21.3. The molecule has 0 aliphatic rings. The van der Waals surface area contributed by atoms with E-state index in [4.69, 9.17) is 4.74 Å². The Kier molecular flexibility index (Phi) is 13.1. The number of carbonyl (C=O) groups excluding carboxylic acids is 1. The van der Waals surface area contributed by atoms with Crippen LogP contribution in [0.3, 0.4) is 0 Å². The van der Waals surface area contributed by atoms with Crippen molar-refractivity contribution < 1.29 is 23.0 Å². The minimum Gasteiger partial charge on any atom is -0.497 e. The molecule has 0 aliphatic heterocycles. The monoisotopic (exact) mass is 576 g/mol. The Morgan fingerprint density at radius 1 is 1.09 bits per heavy atom. The van der Waals surface area contributed by atoms with E-state index in [0.717, 1.165) is 17.7 Å². The summed E-state index contributed by atoms with van der Waals surface area (Å²) in [6.45, 7) is 2.22. The summed E-state index contributed by atoms with van der Waals surface area (Å²) in [5.74, 6) is 1.13. The number of nitrogens with zero attached hydrogens (tertiary/aromatic N) is 1. The third-order valence-corrected chi connectivity index (χ3v) is 4.41. The van der Waals surface area contributed by atoms with E-state index in [2.05, 4.69) is 25.7 Å². The standard InChI is InChI=1S/C23H30F2N4O3.HI/c1-4-6-21(30)29-18-9-7-16(8-10-18)14-27-23(26-5-2)28-15-17-13-19(31-3)11-12-20(17)32-22(24)25;/h7-13,22H,4-6,14-15H2,1-3H3,(H,29,30)(H2,26,27,28);1H. The topological polar surface area (TPSA) is 84.0 Å². The Morgan fingerprint density at radius 2 is 1.82 bits per heavy atom. The first-order valence-electron chi connectivity index (χ1n) is 10.5. The number of halogens is 3. The number of rotatable bonds is 11. The molecule has 0 saturated carbocycles. The molecule has 33 heavy (non-hydrogen) atoms. The third-order valence-electron chi connectivity index (χ3n) is 4.41. The van der Waals surface area contributed by atoms with Gasteiger partial charge in [0.05, 0.1) is 13.7 Å². The second-order valence-electron chi connectivity index (χ2n) is 6.90. The fourth-order valence-electron chi connectivity index (χ4n) is 2.87. The summed E-state index contributed by atoms with van der Waals surface area (Å²) < 4.78 is 35.2. The first-order chi connectivity index (χ1) is 15.4. The van der Waals surface area contributed by atoms with Crippen LogP contribution in [0.1, 0.15) is 37.8 Å². The SMILES string of the molecule is CCCC(=O)Nc1ccc(CN=C(NCC)NCc2cc(OC)ccc2OC(F)F)cc1.I. The van der Waals surface area contributed by atoms with E-state index in [0.29, 0.717) is 36.8 Å². The van der Waals surface area contributed by atoms with Crippen LogP contribution in [0.5, 0.6) is 11.5 Å². The largest absolute Gasteiger partial charge is 0.497 e. The van der Waals surface area contributed by atoms with E-state index < -0.39 is 6.61 Å². The molecule has 0 atom stereocenters. The van der Waals surface area contributed by atoms with Crippen molar-refractivity contribution in [2.75, 3.05) is 19.0 Å². The van der Waals surface area contributed by atoms with E-state index in [1.807, 2.05) is 38.1 Å². The number of hydrogen-bond acceptors (Lipinski definition) is 4. The first-order valence-corrected chi connectivity index (χ1v) is 10.5. The highest BCUT2D eigenvalue weighted by atomic mass is 127. The summed E-state index contributed by atoms with van der Waals surface area (Å²) >= 11 is 0. The van der Waals surface area contributed by atoms with E-state index in [9.17, 15) is 13.6 Å². The van der Waals surface area contributed by atoms with Crippen LogP contribution in [0.25, 0.3) is 0 Å². The third kappa shape index (κ3) is 10.2. The maximum Gasteiger partial charge on any atom is 0.387 e. The fraction of sp³-hybridized carbons (Fsp3) is 0.391. The molecule has 7 nitrogen and oxygen atoms in total. The summed E-state index contributed by atoms with van der Waals surface area (Å²) in [6.07, 6.45) is 1.28. The average molecular weight is 576 g/mol. The van der Waals surface area contributed by atoms with Gasteiger partial charge in [-0.15, -0.1) is 24.0 Å². The minimum atomic E-state index is -2.92. The van der Waals surface area contributed by atoms with Crippen LogP contribution in [0.15, 0.2) is 47.5 Å². The van der Waals surface area contributed by atoms with Gasteiger partial charge in [-0.25, -0.2) is 4.99 Å². The number of anilines is 1. The Labute approximate surface area is 210 Å². The molecule has 0 aromatic heterocycles. The number of amides is 1. The molecule has 3 N–H and O–H groups in total. The number of ether oxygens (including phenoxy) is 2. The predicted octanol–water partition coefficient (Wildman–Crippen LogP) is 4.91. The number of carbonyl (C=O) groups is 1. The van der Waals surface area contributed by atoms with Gasteiger partial charge in [0.15, 0.2) is 5.96 Å². The van der Waals surface area contributed by atoms with Gasteiger partial charge in [-0.05, 0) is 49.2 Å². The van der Waals surface area contributed by atoms with Crippen LogP contribution in [0.2, 0.25) is 0 Å². The van der Waals surface area contributed by atoms with Crippen LogP contribution < -0.4 is 25.4 Å². The lowest BCUT2D eigenvalue weighted by molar-refractivity contribution is -0.116. The van der Waals surface area contributed by atoms with Crippen molar-refractivity contribution in [2.45, 2.75) is 46.4 Å². The maximum atomic E-state index is 12.7. The van der Waals surface area contributed by atoms with E-state index >= 15 is 0 Å². The molecule has 0 unspecified atom stereocenters. The second kappa shape index (κ2) is 15.3. The molecule has 0 bridgehead atoms. The van der Waals surface area contributed by atoms with Gasteiger partial charge in [0.25, 0.3) is 0 Å². The Morgan fingerprint density at radius 3 is 2.42 bits per heavy atom. The molecule has 2 aromatic carbocycles. The van der Waals surface area contributed by atoms with E-state index in [1.54, 1.807) is 12.1 Å². The highest BCUT2D eigenvalue weighted by molar-refractivity contribution is 14.0. The number of alkyl halides is 2. The van der Waals surface area contributed by atoms with Crippen molar-refractivity contribution in [3.8, 4) is 11.5 Å². The molecule has 2 aromatic rings. The quantitative estimate of drug-likeness (QED) is 0.201. The summed E-state index contributed by atoms with van der Waals surface area (Å²) in [5, 5.41) is 9.10. The van der Waals surface area contributed by atoms with Gasteiger partial charge in [0.1, 0.15) is 11.5 Å². The lowest BCUT2D eigenvalue weighted by Crippen LogP contribution is -2.36. The molecule has 2 rings (SSSR count). The zero-order valence-electron chi connectivity index (χ0n) is 19.0. The molecule has 0 fully saturated rings. The van der Waals surface area contributed by atoms with Gasteiger partial charge in [0.2, 0.25) is 5.91 Å². The van der Waals surface area contributed by atoms with Crippen molar-refractivity contribution >= 4 is 41.5 Å². The summed E-state index contributed by atoms with van der Waals surface area (Å²) in [5.41, 5.74) is 2.21. The molecule has 0 spiro atoms. The predicted molar refractivity (Wildman–Crippen MR) is 137 cm³/mol. The van der Waals surface area contributed by atoms with Crippen molar-refractivity contribution in [1.82, 2.24) is 10.6 Å². The van der Waals surface area contributed by atoms with Crippen molar-refractivity contribution in [2.24, 2.45) is 4.99 Å². The number of guanidine groups is 1. The van der Waals surface area contributed by atoms with E-state index in [1.165, 1.54) is 13.2 Å². The first kappa shape index (κ1) is 28.4. The highest BCUT2D eigenvalue weighted by Crippen LogP contribution is 2.25. The molecular weight excluding hydrogens is 545 g/mol. The van der Waals surface area contributed by atoms with Crippen LogP contribution in [-0.2, 0) is 17.9 Å². The van der Waals surface area contributed by atoms with E-state index in [-0.39, 0.29) is 42.2 Å². The van der Waals surface area contributed by atoms with Gasteiger partial charge in [-0.3, -0.25) is 4.79 Å². The molecule has 0 heterocycles. The van der Waals surface area contributed by atoms with Crippen molar-refractivity contribution in [1.29, 1.82) is 0 Å². The van der Waals surface area contributed by atoms with Crippen LogP contribution >= 0.6 is 24.0 Å². The Balaban J connectivity index is 0.00000544. The number of hydrogen-bond donors (Lipinski definition) is 3. The maximum absolute atomic E-state index is 12.7.